The minimum absolute atomic E-state index is 0.0964. The summed E-state index contributed by atoms with van der Waals surface area (Å²) in [5.41, 5.74) is 1.85. The Hall–Kier alpha value is -3.13. The largest absolute Gasteiger partial charge is 0.347 e. The molecule has 0 fully saturated rings. The predicted octanol–water partition coefficient (Wildman–Crippen LogP) is 2.74. The van der Waals surface area contributed by atoms with E-state index in [0.717, 1.165) is 9.87 Å². The smallest absolute Gasteiger partial charge is 0.339 e. The highest BCUT2D eigenvalue weighted by molar-refractivity contribution is 7.90. The molecule has 0 aliphatic carbocycles. The number of aromatic nitrogens is 2. The van der Waals surface area contributed by atoms with Crippen LogP contribution in [0.25, 0.3) is 0 Å². The van der Waals surface area contributed by atoms with Crippen LogP contribution in [0.5, 0.6) is 0 Å². The first-order valence-corrected chi connectivity index (χ1v) is 9.46. The van der Waals surface area contributed by atoms with Crippen LogP contribution < -0.4 is 4.90 Å². The Kier molecular flexibility index (Phi) is 3.96. The molecule has 0 spiro atoms. The summed E-state index contributed by atoms with van der Waals surface area (Å²) in [5.74, 6) is 0. The zero-order chi connectivity index (χ0) is 18.1. The number of imidazole rings is 1. The lowest BCUT2D eigenvalue weighted by Crippen LogP contribution is -2.50. The van der Waals surface area contributed by atoms with E-state index in [1.54, 1.807) is 18.2 Å². The minimum atomic E-state index is -3.94. The van der Waals surface area contributed by atoms with Crippen LogP contribution >= 0.6 is 0 Å². The van der Waals surface area contributed by atoms with Crippen molar-refractivity contribution in [3.05, 3.63) is 78.4 Å². The van der Waals surface area contributed by atoms with Crippen LogP contribution in [0.3, 0.4) is 0 Å². The van der Waals surface area contributed by atoms with Crippen molar-refractivity contribution in [3.63, 3.8) is 0 Å². The fraction of sp³-hybridized carbons (Fsp3) is 0.111. The van der Waals surface area contributed by atoms with E-state index in [1.807, 2.05) is 30.3 Å². The third kappa shape index (κ3) is 2.74. The van der Waals surface area contributed by atoms with Crippen molar-refractivity contribution in [1.29, 1.82) is 0 Å². The number of benzene rings is 2. The fourth-order valence-electron chi connectivity index (χ4n) is 2.95. The quantitative estimate of drug-likeness (QED) is 0.767. The van der Waals surface area contributed by atoms with Gasteiger partial charge in [0.1, 0.15) is 4.90 Å². The van der Waals surface area contributed by atoms with Gasteiger partial charge in [0.05, 0.1) is 30.8 Å². The maximum atomic E-state index is 13.1. The van der Waals surface area contributed by atoms with Crippen molar-refractivity contribution in [2.75, 3.05) is 4.90 Å². The molecule has 1 aliphatic heterocycles. The van der Waals surface area contributed by atoms with E-state index in [0.29, 0.717) is 11.4 Å². The van der Waals surface area contributed by atoms with Gasteiger partial charge in [-0.15, -0.1) is 0 Å². The van der Waals surface area contributed by atoms with E-state index in [2.05, 4.69) is 9.97 Å². The number of urea groups is 1. The summed E-state index contributed by atoms with van der Waals surface area (Å²) in [7, 11) is -3.94. The molecule has 1 N–H and O–H groups in total. The molecular weight excluding hydrogens is 352 g/mol. The molecule has 2 heterocycles. The third-order valence-electron chi connectivity index (χ3n) is 4.22. The number of sulfonamides is 1. The molecule has 7 nitrogen and oxygen atoms in total. The van der Waals surface area contributed by atoms with Crippen LogP contribution in [-0.4, -0.2) is 28.7 Å². The molecule has 2 aromatic carbocycles. The van der Waals surface area contributed by atoms with Crippen LogP contribution in [0, 0.1) is 0 Å². The van der Waals surface area contributed by atoms with E-state index < -0.39 is 16.1 Å². The lowest BCUT2D eigenvalue weighted by atomic mass is 10.2. The van der Waals surface area contributed by atoms with Gasteiger partial charge in [0.2, 0.25) is 0 Å². The summed E-state index contributed by atoms with van der Waals surface area (Å²) < 4.78 is 26.8. The molecule has 0 unspecified atom stereocenters. The van der Waals surface area contributed by atoms with E-state index in [9.17, 15) is 13.2 Å². The van der Waals surface area contributed by atoms with Crippen LogP contribution in [0.1, 0.15) is 11.3 Å². The molecule has 0 saturated carbocycles. The summed E-state index contributed by atoms with van der Waals surface area (Å²) in [5, 5.41) is 0. The number of para-hydroxylation sites is 1. The number of nitrogens with zero attached hydrogens (tertiary/aromatic N) is 3. The van der Waals surface area contributed by atoms with Crippen molar-refractivity contribution in [1.82, 2.24) is 14.3 Å². The molecule has 8 heteroatoms. The molecule has 0 radical (unpaired) electrons. The number of fused-ring (bicyclic) bond motifs is 1. The second-order valence-electron chi connectivity index (χ2n) is 5.91. The van der Waals surface area contributed by atoms with E-state index in [1.165, 1.54) is 23.5 Å². The van der Waals surface area contributed by atoms with E-state index in [-0.39, 0.29) is 18.0 Å². The van der Waals surface area contributed by atoms with Gasteiger partial charge in [-0.1, -0.05) is 42.5 Å². The summed E-state index contributed by atoms with van der Waals surface area (Å²) in [6, 6.07) is 15.4. The summed E-state index contributed by atoms with van der Waals surface area (Å²) in [4.78, 5) is 21.4. The zero-order valence-electron chi connectivity index (χ0n) is 13.7. The van der Waals surface area contributed by atoms with Crippen LogP contribution in [0.2, 0.25) is 0 Å². The van der Waals surface area contributed by atoms with Crippen LogP contribution in [0.4, 0.5) is 10.5 Å². The molecule has 0 saturated heterocycles. The van der Waals surface area contributed by atoms with Gasteiger partial charge in [-0.05, 0) is 17.7 Å². The van der Waals surface area contributed by atoms with Crippen molar-refractivity contribution in [2.45, 2.75) is 18.0 Å². The monoisotopic (exact) mass is 368 g/mol. The number of carbonyl (C=O) groups is 1. The standard InChI is InChI=1S/C18H16N4O3S/c23-18-21(11-14-6-2-1-3-7-14)16-8-4-5-9-17(16)26(24,25)22(18)12-15-10-19-13-20-15/h1-10,13H,11-12H2,(H,19,20). The summed E-state index contributed by atoms with van der Waals surface area (Å²) in [6.45, 7) is 0.187. The van der Waals surface area contributed by atoms with Crippen molar-refractivity contribution < 1.29 is 13.2 Å². The number of rotatable bonds is 4. The van der Waals surface area contributed by atoms with E-state index in [4.69, 9.17) is 0 Å². The second kappa shape index (κ2) is 6.30. The molecular formula is C18H16N4O3S. The van der Waals surface area contributed by atoms with Crippen LogP contribution in [0.15, 0.2) is 72.0 Å². The minimum Gasteiger partial charge on any atom is -0.347 e. The highest BCUT2D eigenvalue weighted by Crippen LogP contribution is 2.35. The topological polar surface area (TPSA) is 86.4 Å². The van der Waals surface area contributed by atoms with Gasteiger partial charge in [0, 0.05) is 6.20 Å². The Morgan fingerprint density at radius 2 is 1.69 bits per heavy atom. The lowest BCUT2D eigenvalue weighted by Gasteiger charge is -2.36. The number of aromatic amines is 1. The molecule has 0 atom stereocenters. The average molecular weight is 368 g/mol. The summed E-state index contributed by atoms with van der Waals surface area (Å²) in [6.07, 6.45) is 2.96. The number of nitrogens with one attached hydrogen (secondary N) is 1. The highest BCUT2D eigenvalue weighted by atomic mass is 32.2. The van der Waals surface area contributed by atoms with Crippen molar-refractivity contribution in [3.8, 4) is 0 Å². The molecule has 1 aromatic heterocycles. The molecule has 0 bridgehead atoms. The van der Waals surface area contributed by atoms with Crippen molar-refractivity contribution in [2.24, 2.45) is 0 Å². The number of anilines is 1. The Labute approximate surface area is 151 Å². The number of hydrogen-bond acceptors (Lipinski definition) is 4. The van der Waals surface area contributed by atoms with Gasteiger partial charge >= 0.3 is 6.03 Å². The maximum Gasteiger partial charge on any atom is 0.339 e. The van der Waals surface area contributed by atoms with Gasteiger partial charge in [-0.25, -0.2) is 22.5 Å². The Morgan fingerprint density at radius 1 is 0.962 bits per heavy atom. The lowest BCUT2D eigenvalue weighted by molar-refractivity contribution is 0.226. The second-order valence-corrected chi connectivity index (χ2v) is 7.74. The first kappa shape index (κ1) is 16.3. The normalized spacial score (nSPS) is 15.8. The van der Waals surface area contributed by atoms with Gasteiger partial charge in [-0.2, -0.15) is 0 Å². The van der Waals surface area contributed by atoms with Gasteiger partial charge < -0.3 is 4.98 Å². The number of carbonyl (C=O) groups excluding carboxylic acids is 1. The average Bonchev–Trinajstić information content (AvgIpc) is 3.17. The summed E-state index contributed by atoms with van der Waals surface area (Å²) >= 11 is 0. The molecule has 1 aliphatic rings. The van der Waals surface area contributed by atoms with Gasteiger partial charge in [0.25, 0.3) is 10.0 Å². The molecule has 4 rings (SSSR count). The van der Waals surface area contributed by atoms with E-state index >= 15 is 0 Å². The molecule has 26 heavy (non-hydrogen) atoms. The first-order valence-electron chi connectivity index (χ1n) is 8.02. The first-order chi connectivity index (χ1) is 12.6. The predicted molar refractivity (Wildman–Crippen MR) is 95.8 cm³/mol. The Morgan fingerprint density at radius 3 is 2.42 bits per heavy atom. The SMILES string of the molecule is O=C1N(Cc2ccccc2)c2ccccc2S(=O)(=O)N1Cc1cnc[nH]1. The number of hydrogen-bond donors (Lipinski definition) is 1. The van der Waals surface area contributed by atoms with Crippen molar-refractivity contribution >= 4 is 21.7 Å². The third-order valence-corrected chi connectivity index (χ3v) is 5.99. The van der Waals surface area contributed by atoms with Crippen LogP contribution in [-0.2, 0) is 23.1 Å². The molecule has 132 valence electrons. The van der Waals surface area contributed by atoms with Gasteiger partial charge in [0.15, 0.2) is 0 Å². The number of amides is 2. The maximum absolute atomic E-state index is 13.1. The fourth-order valence-corrected chi connectivity index (χ4v) is 4.50. The highest BCUT2D eigenvalue weighted by Gasteiger charge is 2.41. The van der Waals surface area contributed by atoms with Gasteiger partial charge in [-0.3, -0.25) is 4.90 Å². The Bertz CT molecular complexity index is 1030. The number of H-pyrrole nitrogens is 1. The molecule has 2 amide bonds. The Balaban J connectivity index is 1.79. The zero-order valence-corrected chi connectivity index (χ0v) is 14.6. The molecule has 3 aromatic rings.